The quantitative estimate of drug-likeness (QED) is 0.151. The number of carbonyl (C=O) groups is 2. The van der Waals surface area contributed by atoms with Gasteiger partial charge in [-0.25, -0.2) is 8.42 Å². The monoisotopic (exact) mass is 803 g/mol. The lowest BCUT2D eigenvalue weighted by molar-refractivity contribution is -0.246. The van der Waals surface area contributed by atoms with Crippen molar-refractivity contribution in [1.29, 1.82) is 0 Å². The molecule has 5 aliphatic carbocycles. The van der Waals surface area contributed by atoms with Crippen LogP contribution in [-0.2, 0) is 28.9 Å². The molecule has 1 aliphatic heterocycles. The van der Waals surface area contributed by atoms with E-state index in [9.17, 15) is 23.1 Å². The highest BCUT2D eigenvalue weighted by atomic mass is 32.2. The van der Waals surface area contributed by atoms with E-state index in [0.717, 1.165) is 38.5 Å². The van der Waals surface area contributed by atoms with Crippen LogP contribution < -0.4 is 5.32 Å². The predicted molar refractivity (Wildman–Crippen MR) is 222 cm³/mol. The fraction of sp³-hybridized carbons (Fsp3) is 0.913. The molecular formula is C46H78N2O7S. The maximum atomic E-state index is 13.5. The van der Waals surface area contributed by atoms with Crippen LogP contribution in [0, 0.1) is 56.7 Å². The number of fused-ring (bicyclic) bond motifs is 7. The zero-order chi connectivity index (χ0) is 41.3. The number of nitrogens with one attached hydrogen (secondary N) is 1. The fourth-order valence-corrected chi connectivity index (χ4v) is 16.1. The van der Waals surface area contributed by atoms with E-state index in [2.05, 4.69) is 58.3 Å². The Morgan fingerprint density at radius 3 is 2.18 bits per heavy atom. The van der Waals surface area contributed by atoms with Gasteiger partial charge in [-0.2, -0.15) is 0 Å². The average molecular weight is 803 g/mol. The number of hydrogen-bond donors (Lipinski definition) is 2. The van der Waals surface area contributed by atoms with Crippen molar-refractivity contribution >= 4 is 21.8 Å². The van der Waals surface area contributed by atoms with Crippen LogP contribution in [0.25, 0.3) is 0 Å². The molecule has 6 aliphatic rings. The number of nitrogens with zero attached hydrogens (tertiary/aromatic N) is 1. The van der Waals surface area contributed by atoms with Gasteiger partial charge in [0.15, 0.2) is 9.84 Å². The second-order valence-electron chi connectivity index (χ2n) is 21.9. The summed E-state index contributed by atoms with van der Waals surface area (Å²) in [6.07, 6.45) is 11.0. The molecule has 10 heteroatoms. The Morgan fingerprint density at radius 2 is 1.55 bits per heavy atom. The van der Waals surface area contributed by atoms with Crippen LogP contribution in [0.2, 0.25) is 0 Å². The number of sulfone groups is 1. The molecule has 6 fully saturated rings. The summed E-state index contributed by atoms with van der Waals surface area (Å²) in [5, 5.41) is 15.2. The van der Waals surface area contributed by atoms with Crippen LogP contribution in [0.5, 0.6) is 0 Å². The largest absolute Gasteiger partial charge is 0.466 e. The minimum Gasteiger partial charge on any atom is -0.466 e. The first kappa shape index (κ1) is 44.1. The zero-order valence-electron chi connectivity index (χ0n) is 36.8. The molecule has 2 N–H and O–H groups in total. The summed E-state index contributed by atoms with van der Waals surface area (Å²) in [5.41, 5.74) is 1.13. The van der Waals surface area contributed by atoms with Gasteiger partial charge in [0.1, 0.15) is 6.10 Å². The van der Waals surface area contributed by atoms with E-state index in [4.69, 9.17) is 9.47 Å². The minimum absolute atomic E-state index is 0.0120. The summed E-state index contributed by atoms with van der Waals surface area (Å²) >= 11 is 0. The van der Waals surface area contributed by atoms with Gasteiger partial charge < -0.3 is 19.9 Å². The Hall–Kier alpha value is -1.49. The summed E-state index contributed by atoms with van der Waals surface area (Å²) in [7, 11) is -3.00. The summed E-state index contributed by atoms with van der Waals surface area (Å²) in [6.45, 7) is 29.0. The van der Waals surface area contributed by atoms with Crippen LogP contribution in [-0.4, -0.2) is 91.9 Å². The van der Waals surface area contributed by atoms with Crippen molar-refractivity contribution in [3.8, 4) is 0 Å². The molecule has 9 nitrogen and oxygen atoms in total. The van der Waals surface area contributed by atoms with Crippen molar-refractivity contribution in [3.63, 3.8) is 0 Å². The summed E-state index contributed by atoms with van der Waals surface area (Å²) in [5.74, 6) is 2.43. The van der Waals surface area contributed by atoms with Gasteiger partial charge in [0.2, 0.25) is 0 Å². The molecule has 0 aromatic heterocycles. The molecule has 0 spiro atoms. The Kier molecular flexibility index (Phi) is 12.2. The van der Waals surface area contributed by atoms with Crippen molar-refractivity contribution in [2.45, 2.75) is 170 Å². The fourth-order valence-electron chi connectivity index (χ4n) is 14.9. The molecule has 0 aromatic carbocycles. The molecule has 5 saturated carbocycles. The second-order valence-corrected chi connectivity index (χ2v) is 24.2. The number of ether oxygens (including phenoxy) is 2. The normalized spacial score (nSPS) is 41.6. The van der Waals surface area contributed by atoms with Crippen LogP contribution in [0.1, 0.15) is 146 Å². The van der Waals surface area contributed by atoms with Gasteiger partial charge in [-0.15, -0.1) is 0 Å². The molecule has 2 unspecified atom stereocenters. The van der Waals surface area contributed by atoms with E-state index >= 15 is 0 Å². The molecule has 1 heterocycles. The van der Waals surface area contributed by atoms with Crippen LogP contribution >= 0.6 is 0 Å². The number of carbonyl (C=O) groups excluding carboxylic acids is 2. The van der Waals surface area contributed by atoms with E-state index in [-0.39, 0.29) is 75.6 Å². The number of rotatable bonds is 12. The number of aliphatic hydroxyl groups is 1. The van der Waals surface area contributed by atoms with Gasteiger partial charge >= 0.3 is 11.9 Å². The number of aliphatic hydroxyl groups excluding tert-OH is 1. The minimum atomic E-state index is -3.00. The van der Waals surface area contributed by atoms with E-state index in [1.54, 1.807) is 6.92 Å². The van der Waals surface area contributed by atoms with E-state index in [1.165, 1.54) is 31.3 Å². The molecule has 12 atom stereocenters. The van der Waals surface area contributed by atoms with Gasteiger partial charge in [0.05, 0.1) is 37.1 Å². The van der Waals surface area contributed by atoms with E-state index in [0.29, 0.717) is 55.8 Å². The number of esters is 2. The third-order valence-corrected chi connectivity index (χ3v) is 19.5. The lowest BCUT2D eigenvalue weighted by atomic mass is 9.32. The SMILES string of the molecule is C=C(C)[C@@H]1CC[C@]2(NCC(C(C)O)N3CCS(=O)(=O)CC3)CC[C@]3(C)[C@H](CC[C@@H]4[C@@]5(C)CC[C@H](OC(=O)CC(C)(C)CC(=O)OCC)C(C)(C)[C@@H]5CC[C@]43C)[C@@H]12. The van der Waals surface area contributed by atoms with Gasteiger partial charge in [-0.3, -0.25) is 14.5 Å². The van der Waals surface area contributed by atoms with Crippen molar-refractivity contribution in [3.05, 3.63) is 12.2 Å². The highest BCUT2D eigenvalue weighted by molar-refractivity contribution is 7.91. The van der Waals surface area contributed by atoms with Crippen molar-refractivity contribution in [1.82, 2.24) is 10.2 Å². The van der Waals surface area contributed by atoms with Crippen molar-refractivity contribution in [2.75, 3.05) is 37.7 Å². The van der Waals surface area contributed by atoms with Crippen LogP contribution in [0.15, 0.2) is 12.2 Å². The predicted octanol–water partition coefficient (Wildman–Crippen LogP) is 7.75. The molecule has 1 saturated heterocycles. The maximum absolute atomic E-state index is 13.5. The highest BCUT2D eigenvalue weighted by Gasteiger charge is 2.71. The zero-order valence-corrected chi connectivity index (χ0v) is 37.6. The molecule has 320 valence electrons. The first-order valence-electron chi connectivity index (χ1n) is 22.3. The molecule has 0 amide bonds. The second kappa shape index (κ2) is 15.5. The average Bonchev–Trinajstić information content (AvgIpc) is 3.47. The molecule has 56 heavy (non-hydrogen) atoms. The number of allylic oxidation sites excluding steroid dienone is 1. The van der Waals surface area contributed by atoms with Gasteiger partial charge in [0, 0.05) is 36.6 Å². The summed E-state index contributed by atoms with van der Waals surface area (Å²) in [6, 6.07) is -0.116. The third-order valence-electron chi connectivity index (χ3n) is 17.9. The molecule has 0 radical (unpaired) electrons. The first-order valence-corrected chi connectivity index (χ1v) is 24.2. The number of hydrogen-bond acceptors (Lipinski definition) is 9. The lowest BCUT2D eigenvalue weighted by Gasteiger charge is -2.73. The standard InChI is InChI=1S/C46H78N2O7S/c1-12-54-38(50)27-41(5,6)28-39(51)55-37-17-18-43(9)35(42(37,7)8)16-19-45(11)36(43)14-13-33-40-32(30(2)3)15-20-46(40,22-21-44(33,45)10)47-29-34(31(4)49)48-23-25-56(52,53)26-24-48/h31-37,40,47,49H,2,12-29H2,1,3-11H3/t31?,32-,33+,34?,35-,36+,37-,40+,43-,44+,45+,46-/m0/s1. The Morgan fingerprint density at radius 1 is 0.893 bits per heavy atom. The Balaban J connectivity index is 1.20. The van der Waals surface area contributed by atoms with Crippen molar-refractivity contribution in [2.24, 2.45) is 56.7 Å². The van der Waals surface area contributed by atoms with Gasteiger partial charge in [-0.1, -0.05) is 60.6 Å². The Bertz CT molecular complexity index is 1600. The molecular weight excluding hydrogens is 725 g/mol. The lowest BCUT2D eigenvalue weighted by Crippen LogP contribution is -2.69. The van der Waals surface area contributed by atoms with E-state index in [1.807, 2.05) is 20.8 Å². The molecule has 0 aromatic rings. The molecule has 0 bridgehead atoms. The summed E-state index contributed by atoms with van der Waals surface area (Å²) in [4.78, 5) is 27.9. The highest BCUT2D eigenvalue weighted by Crippen LogP contribution is 2.76. The third kappa shape index (κ3) is 7.70. The Labute approximate surface area is 340 Å². The maximum Gasteiger partial charge on any atom is 0.306 e. The first-order chi connectivity index (χ1) is 26.0. The van der Waals surface area contributed by atoms with Gasteiger partial charge in [0.25, 0.3) is 0 Å². The molecule has 6 rings (SSSR count). The smallest absolute Gasteiger partial charge is 0.306 e. The van der Waals surface area contributed by atoms with Crippen molar-refractivity contribution < 1.29 is 32.6 Å². The van der Waals surface area contributed by atoms with Gasteiger partial charge in [-0.05, 0) is 136 Å². The summed E-state index contributed by atoms with van der Waals surface area (Å²) < 4.78 is 36.1. The van der Waals surface area contributed by atoms with E-state index < -0.39 is 21.4 Å². The van der Waals surface area contributed by atoms with Crippen LogP contribution in [0.4, 0.5) is 0 Å². The topological polar surface area (TPSA) is 122 Å². The van der Waals surface area contributed by atoms with Crippen LogP contribution in [0.3, 0.4) is 0 Å².